The first kappa shape index (κ1) is 16.7. The quantitative estimate of drug-likeness (QED) is 0.821. The molecular formula is C16H25N5O. The number of ether oxygens (including phenoxy) is 1. The van der Waals surface area contributed by atoms with Crippen molar-refractivity contribution in [2.24, 2.45) is 0 Å². The van der Waals surface area contributed by atoms with E-state index < -0.39 is 0 Å². The summed E-state index contributed by atoms with van der Waals surface area (Å²) >= 11 is 0. The molecule has 0 amide bonds. The summed E-state index contributed by atoms with van der Waals surface area (Å²) in [4.78, 5) is 4.66. The lowest BCUT2D eigenvalue weighted by molar-refractivity contribution is 0.109. The molecule has 2 rings (SSSR count). The SMILES string of the molecule is CC[C@@H]1CN(c2nnc(C)c(C)c2C#N)CCN1CCOC. The Morgan fingerprint density at radius 2 is 2.09 bits per heavy atom. The van der Waals surface area contributed by atoms with Gasteiger partial charge in [0.25, 0.3) is 0 Å². The van der Waals surface area contributed by atoms with Crippen LogP contribution in [0, 0.1) is 25.2 Å². The highest BCUT2D eigenvalue weighted by molar-refractivity contribution is 5.57. The maximum absolute atomic E-state index is 9.47. The Labute approximate surface area is 132 Å². The standard InChI is InChI=1S/C16H25N5O/c1-5-14-11-21(7-6-20(14)8-9-22-4)16-15(10-17)12(2)13(3)18-19-16/h14H,5-9,11H2,1-4H3/t14-/m1/s1. The summed E-state index contributed by atoms with van der Waals surface area (Å²) in [6.45, 7) is 10.4. The number of aromatic nitrogens is 2. The molecule has 0 unspecified atom stereocenters. The van der Waals surface area contributed by atoms with Crippen LogP contribution in [0.3, 0.4) is 0 Å². The summed E-state index contributed by atoms with van der Waals surface area (Å²) in [7, 11) is 1.74. The second kappa shape index (κ2) is 7.52. The molecule has 120 valence electrons. The molecule has 6 heteroatoms. The summed E-state index contributed by atoms with van der Waals surface area (Å²) in [6, 6.07) is 2.76. The molecule has 0 N–H and O–H groups in total. The highest BCUT2D eigenvalue weighted by Crippen LogP contribution is 2.24. The smallest absolute Gasteiger partial charge is 0.169 e. The van der Waals surface area contributed by atoms with E-state index in [9.17, 15) is 5.26 Å². The zero-order chi connectivity index (χ0) is 16.1. The van der Waals surface area contributed by atoms with Crippen LogP contribution in [-0.4, -0.2) is 61.0 Å². The van der Waals surface area contributed by atoms with Gasteiger partial charge in [-0.1, -0.05) is 6.92 Å². The van der Waals surface area contributed by atoms with Gasteiger partial charge < -0.3 is 9.64 Å². The van der Waals surface area contributed by atoms with Gasteiger partial charge >= 0.3 is 0 Å². The van der Waals surface area contributed by atoms with Crippen molar-refractivity contribution >= 4 is 5.82 Å². The molecule has 1 atom stereocenters. The van der Waals surface area contributed by atoms with Crippen LogP contribution in [-0.2, 0) is 4.74 Å². The summed E-state index contributed by atoms with van der Waals surface area (Å²) in [5.41, 5.74) is 2.42. The van der Waals surface area contributed by atoms with Gasteiger partial charge in [-0.25, -0.2) is 0 Å². The van der Waals surface area contributed by atoms with Crippen LogP contribution in [0.25, 0.3) is 0 Å². The Hall–Kier alpha value is -1.71. The van der Waals surface area contributed by atoms with Crippen molar-refractivity contribution in [2.45, 2.75) is 33.2 Å². The van der Waals surface area contributed by atoms with E-state index in [-0.39, 0.29) is 0 Å². The topological polar surface area (TPSA) is 65.3 Å². The Balaban J connectivity index is 2.19. The van der Waals surface area contributed by atoms with Crippen molar-refractivity contribution < 1.29 is 4.74 Å². The fourth-order valence-corrected chi connectivity index (χ4v) is 2.93. The maximum atomic E-state index is 9.47. The molecule has 1 aliphatic rings. The van der Waals surface area contributed by atoms with Crippen LogP contribution in [0.5, 0.6) is 0 Å². The molecule has 1 aromatic heterocycles. The lowest BCUT2D eigenvalue weighted by atomic mass is 10.1. The number of rotatable bonds is 5. The molecule has 0 aliphatic carbocycles. The first-order valence-electron chi connectivity index (χ1n) is 7.84. The van der Waals surface area contributed by atoms with Crippen LogP contribution < -0.4 is 4.90 Å². The molecule has 0 bridgehead atoms. The fraction of sp³-hybridized carbons (Fsp3) is 0.688. The lowest BCUT2D eigenvalue weighted by Crippen LogP contribution is -2.54. The Kier molecular flexibility index (Phi) is 5.69. The van der Waals surface area contributed by atoms with Crippen LogP contribution >= 0.6 is 0 Å². The molecular weight excluding hydrogens is 278 g/mol. The highest BCUT2D eigenvalue weighted by Gasteiger charge is 2.28. The lowest BCUT2D eigenvalue weighted by Gasteiger charge is -2.41. The third-order valence-corrected chi connectivity index (χ3v) is 4.51. The minimum Gasteiger partial charge on any atom is -0.383 e. The average Bonchev–Trinajstić information content (AvgIpc) is 2.55. The first-order valence-corrected chi connectivity index (χ1v) is 7.84. The van der Waals surface area contributed by atoms with E-state index in [2.05, 4.69) is 33.0 Å². The van der Waals surface area contributed by atoms with E-state index >= 15 is 0 Å². The number of nitrogens with zero attached hydrogens (tertiary/aromatic N) is 5. The van der Waals surface area contributed by atoms with Gasteiger partial charge in [-0.2, -0.15) is 10.4 Å². The second-order valence-electron chi connectivity index (χ2n) is 5.76. The molecule has 1 saturated heterocycles. The largest absolute Gasteiger partial charge is 0.383 e. The van der Waals surface area contributed by atoms with Crippen molar-refractivity contribution in [1.82, 2.24) is 15.1 Å². The molecule has 0 radical (unpaired) electrons. The number of anilines is 1. The molecule has 22 heavy (non-hydrogen) atoms. The second-order valence-corrected chi connectivity index (χ2v) is 5.76. The molecule has 1 aromatic rings. The zero-order valence-electron chi connectivity index (χ0n) is 14.0. The van der Waals surface area contributed by atoms with E-state index in [0.29, 0.717) is 11.6 Å². The van der Waals surface area contributed by atoms with Crippen molar-refractivity contribution in [3.63, 3.8) is 0 Å². The summed E-state index contributed by atoms with van der Waals surface area (Å²) < 4.78 is 5.19. The highest BCUT2D eigenvalue weighted by atomic mass is 16.5. The minimum absolute atomic E-state index is 0.457. The van der Waals surface area contributed by atoms with Gasteiger partial charge in [-0.15, -0.1) is 5.10 Å². The predicted octanol–water partition coefficient (Wildman–Crippen LogP) is 1.51. The Morgan fingerprint density at radius 3 is 2.73 bits per heavy atom. The number of aryl methyl sites for hydroxylation is 1. The van der Waals surface area contributed by atoms with Crippen molar-refractivity contribution in [1.29, 1.82) is 5.26 Å². The van der Waals surface area contributed by atoms with Gasteiger partial charge in [-0.05, 0) is 25.8 Å². The zero-order valence-corrected chi connectivity index (χ0v) is 14.0. The van der Waals surface area contributed by atoms with Crippen molar-refractivity contribution in [3.8, 4) is 6.07 Å². The van der Waals surface area contributed by atoms with Gasteiger partial charge in [0.2, 0.25) is 0 Å². The molecule has 1 aliphatic heterocycles. The monoisotopic (exact) mass is 303 g/mol. The summed E-state index contributed by atoms with van der Waals surface area (Å²) in [5, 5.41) is 18.0. The van der Waals surface area contributed by atoms with E-state index in [0.717, 1.165) is 56.3 Å². The number of hydrogen-bond donors (Lipinski definition) is 0. The maximum Gasteiger partial charge on any atom is 0.169 e. The molecule has 0 saturated carbocycles. The van der Waals surface area contributed by atoms with E-state index in [4.69, 9.17) is 4.74 Å². The van der Waals surface area contributed by atoms with Gasteiger partial charge in [0.15, 0.2) is 5.82 Å². The van der Waals surface area contributed by atoms with Gasteiger partial charge in [0, 0.05) is 39.3 Å². The Morgan fingerprint density at radius 1 is 1.32 bits per heavy atom. The molecule has 1 fully saturated rings. The average molecular weight is 303 g/mol. The van der Waals surface area contributed by atoms with E-state index in [1.807, 2.05) is 13.8 Å². The van der Waals surface area contributed by atoms with Crippen molar-refractivity contribution in [3.05, 3.63) is 16.8 Å². The normalized spacial score (nSPS) is 19.2. The third-order valence-electron chi connectivity index (χ3n) is 4.51. The van der Waals surface area contributed by atoms with Crippen LogP contribution in [0.4, 0.5) is 5.82 Å². The van der Waals surface area contributed by atoms with Crippen LogP contribution in [0.2, 0.25) is 0 Å². The van der Waals surface area contributed by atoms with Crippen LogP contribution in [0.15, 0.2) is 0 Å². The van der Waals surface area contributed by atoms with Crippen molar-refractivity contribution in [2.75, 3.05) is 44.8 Å². The third kappa shape index (κ3) is 3.37. The summed E-state index contributed by atoms with van der Waals surface area (Å²) in [6.07, 6.45) is 1.07. The predicted molar refractivity (Wildman–Crippen MR) is 86.0 cm³/mol. The molecule has 2 heterocycles. The van der Waals surface area contributed by atoms with Gasteiger partial charge in [-0.3, -0.25) is 4.90 Å². The first-order chi connectivity index (χ1) is 10.6. The summed E-state index contributed by atoms with van der Waals surface area (Å²) in [5.74, 6) is 0.732. The molecule has 6 nitrogen and oxygen atoms in total. The van der Waals surface area contributed by atoms with Gasteiger partial charge in [0.1, 0.15) is 11.6 Å². The number of nitriles is 1. The Bertz CT molecular complexity index is 554. The fourth-order valence-electron chi connectivity index (χ4n) is 2.93. The molecule has 0 spiro atoms. The molecule has 0 aromatic carbocycles. The van der Waals surface area contributed by atoms with Crippen LogP contribution in [0.1, 0.15) is 30.2 Å². The van der Waals surface area contributed by atoms with Gasteiger partial charge in [0.05, 0.1) is 12.3 Å². The number of hydrogen-bond acceptors (Lipinski definition) is 6. The van der Waals surface area contributed by atoms with E-state index in [1.165, 1.54) is 0 Å². The number of piperazine rings is 1. The number of methoxy groups -OCH3 is 1. The van der Waals surface area contributed by atoms with E-state index in [1.54, 1.807) is 7.11 Å². The minimum atomic E-state index is 0.457.